The Kier molecular flexibility index (Phi) is 3.42. The van der Waals surface area contributed by atoms with Crippen LogP contribution in [0.25, 0.3) is 0 Å². The molecule has 2 unspecified atom stereocenters. The summed E-state index contributed by atoms with van der Waals surface area (Å²) in [7, 11) is 1.65. The van der Waals surface area contributed by atoms with Crippen LogP contribution in [-0.2, 0) is 11.2 Å². The van der Waals surface area contributed by atoms with E-state index in [9.17, 15) is 4.79 Å². The van der Waals surface area contributed by atoms with Crippen molar-refractivity contribution in [3.05, 3.63) is 29.8 Å². The lowest BCUT2D eigenvalue weighted by Gasteiger charge is -2.17. The number of hydrogen-bond donors (Lipinski definition) is 1. The Balaban J connectivity index is 1.62. The van der Waals surface area contributed by atoms with Crippen molar-refractivity contribution in [3.8, 4) is 5.75 Å². The summed E-state index contributed by atoms with van der Waals surface area (Å²) in [5.41, 5.74) is 1.03. The van der Waals surface area contributed by atoms with E-state index < -0.39 is 0 Å². The van der Waals surface area contributed by atoms with E-state index in [4.69, 9.17) is 4.74 Å². The molecule has 2 atom stereocenters. The van der Waals surface area contributed by atoms with E-state index in [2.05, 4.69) is 5.32 Å². The molecule has 2 saturated heterocycles. The van der Waals surface area contributed by atoms with Crippen molar-refractivity contribution in [2.45, 2.75) is 6.42 Å². The summed E-state index contributed by atoms with van der Waals surface area (Å²) < 4.78 is 5.19. The molecule has 2 fully saturated rings. The van der Waals surface area contributed by atoms with Crippen LogP contribution in [0.5, 0.6) is 5.75 Å². The number of fused-ring (bicyclic) bond motifs is 1. The highest BCUT2D eigenvalue weighted by atomic mass is 16.5. The van der Waals surface area contributed by atoms with Gasteiger partial charge in [-0.1, -0.05) is 12.1 Å². The highest BCUT2D eigenvalue weighted by Crippen LogP contribution is 2.26. The molecular weight excluding hydrogens is 240 g/mol. The molecule has 1 aromatic carbocycles. The van der Waals surface area contributed by atoms with Crippen molar-refractivity contribution in [2.75, 3.05) is 33.3 Å². The summed E-state index contributed by atoms with van der Waals surface area (Å²) in [6.45, 7) is 3.96. The molecule has 0 saturated carbocycles. The number of nitrogens with zero attached hydrogens (tertiary/aromatic N) is 1. The van der Waals surface area contributed by atoms with Gasteiger partial charge in [0.2, 0.25) is 5.91 Å². The van der Waals surface area contributed by atoms with Crippen LogP contribution in [-0.4, -0.2) is 44.1 Å². The van der Waals surface area contributed by atoms with Gasteiger partial charge in [-0.2, -0.15) is 0 Å². The van der Waals surface area contributed by atoms with E-state index in [1.807, 2.05) is 29.2 Å². The number of rotatable bonds is 3. The maximum atomic E-state index is 12.3. The zero-order valence-electron chi connectivity index (χ0n) is 11.3. The lowest BCUT2D eigenvalue weighted by molar-refractivity contribution is -0.129. The molecule has 0 radical (unpaired) electrons. The molecule has 0 bridgehead atoms. The maximum absolute atomic E-state index is 12.3. The van der Waals surface area contributed by atoms with Gasteiger partial charge < -0.3 is 15.0 Å². The van der Waals surface area contributed by atoms with Gasteiger partial charge in [-0.25, -0.2) is 0 Å². The van der Waals surface area contributed by atoms with Crippen LogP contribution in [0.2, 0.25) is 0 Å². The van der Waals surface area contributed by atoms with E-state index >= 15 is 0 Å². The van der Waals surface area contributed by atoms with Crippen molar-refractivity contribution >= 4 is 5.91 Å². The van der Waals surface area contributed by atoms with Crippen LogP contribution >= 0.6 is 0 Å². The molecule has 1 amide bonds. The molecular formula is C15H20N2O2. The standard InChI is InChI=1S/C15H20N2O2/c1-19-14-4-2-3-11(5-14)6-15(18)17-9-12-7-16-8-13(12)10-17/h2-5,12-13,16H,6-10H2,1H3. The fraction of sp³-hybridized carbons (Fsp3) is 0.533. The molecule has 2 heterocycles. The molecule has 0 aromatic heterocycles. The number of hydrogen-bond acceptors (Lipinski definition) is 3. The van der Waals surface area contributed by atoms with Gasteiger partial charge in [0.05, 0.1) is 13.5 Å². The minimum atomic E-state index is 0.239. The van der Waals surface area contributed by atoms with Crippen LogP contribution in [0.3, 0.4) is 0 Å². The van der Waals surface area contributed by atoms with Crippen LogP contribution in [0.15, 0.2) is 24.3 Å². The molecule has 19 heavy (non-hydrogen) atoms. The zero-order chi connectivity index (χ0) is 13.2. The minimum Gasteiger partial charge on any atom is -0.497 e. The van der Waals surface area contributed by atoms with Crippen molar-refractivity contribution in [1.82, 2.24) is 10.2 Å². The summed E-state index contributed by atoms with van der Waals surface area (Å²) in [5, 5.41) is 3.39. The average molecular weight is 260 g/mol. The zero-order valence-corrected chi connectivity index (χ0v) is 11.3. The predicted molar refractivity (Wildman–Crippen MR) is 73.1 cm³/mol. The third-order valence-corrected chi connectivity index (χ3v) is 4.23. The van der Waals surface area contributed by atoms with Crippen molar-refractivity contribution < 1.29 is 9.53 Å². The number of methoxy groups -OCH3 is 1. The fourth-order valence-electron chi connectivity index (χ4n) is 3.13. The molecule has 1 aromatic rings. The Hall–Kier alpha value is -1.55. The smallest absolute Gasteiger partial charge is 0.227 e. The first-order valence-corrected chi connectivity index (χ1v) is 6.87. The number of carbonyl (C=O) groups excluding carboxylic acids is 1. The van der Waals surface area contributed by atoms with E-state index in [1.165, 1.54) is 0 Å². The number of ether oxygens (including phenoxy) is 1. The molecule has 2 aliphatic rings. The lowest BCUT2D eigenvalue weighted by atomic mass is 10.0. The quantitative estimate of drug-likeness (QED) is 0.878. The molecule has 4 heteroatoms. The highest BCUT2D eigenvalue weighted by molar-refractivity contribution is 5.79. The number of likely N-dealkylation sites (tertiary alicyclic amines) is 1. The van der Waals surface area contributed by atoms with Crippen LogP contribution < -0.4 is 10.1 Å². The van der Waals surface area contributed by atoms with Gasteiger partial charge in [-0.3, -0.25) is 4.79 Å². The lowest BCUT2D eigenvalue weighted by Crippen LogP contribution is -2.32. The number of amides is 1. The molecule has 0 aliphatic carbocycles. The van der Waals surface area contributed by atoms with E-state index in [1.54, 1.807) is 7.11 Å². The second-order valence-electron chi connectivity index (χ2n) is 5.51. The van der Waals surface area contributed by atoms with Gasteiger partial charge in [0.1, 0.15) is 5.75 Å². The fourth-order valence-corrected chi connectivity index (χ4v) is 3.13. The van der Waals surface area contributed by atoms with Crippen molar-refractivity contribution in [1.29, 1.82) is 0 Å². The molecule has 4 nitrogen and oxygen atoms in total. The Bertz CT molecular complexity index is 463. The van der Waals surface area contributed by atoms with Gasteiger partial charge in [-0.05, 0) is 29.5 Å². The van der Waals surface area contributed by atoms with Gasteiger partial charge in [0, 0.05) is 26.2 Å². The van der Waals surface area contributed by atoms with E-state index in [0.29, 0.717) is 18.3 Å². The Morgan fingerprint density at radius 1 is 1.37 bits per heavy atom. The summed E-state index contributed by atoms with van der Waals surface area (Å²) >= 11 is 0. The molecule has 102 valence electrons. The van der Waals surface area contributed by atoms with Crippen LogP contribution in [0, 0.1) is 11.8 Å². The largest absolute Gasteiger partial charge is 0.497 e. The second-order valence-corrected chi connectivity index (χ2v) is 5.51. The maximum Gasteiger partial charge on any atom is 0.227 e. The third kappa shape index (κ3) is 2.59. The second kappa shape index (κ2) is 5.21. The summed E-state index contributed by atoms with van der Waals surface area (Å²) in [6.07, 6.45) is 0.476. The van der Waals surface area contributed by atoms with Crippen LogP contribution in [0.1, 0.15) is 5.56 Å². The summed E-state index contributed by atoms with van der Waals surface area (Å²) in [5.74, 6) is 2.37. The Labute approximate surface area is 113 Å². The summed E-state index contributed by atoms with van der Waals surface area (Å²) in [6, 6.07) is 7.76. The molecule has 2 aliphatic heterocycles. The first-order chi connectivity index (χ1) is 9.26. The van der Waals surface area contributed by atoms with E-state index in [-0.39, 0.29) is 5.91 Å². The van der Waals surface area contributed by atoms with Crippen molar-refractivity contribution in [2.24, 2.45) is 11.8 Å². The van der Waals surface area contributed by atoms with Gasteiger partial charge in [-0.15, -0.1) is 0 Å². The predicted octanol–water partition coefficient (Wildman–Crippen LogP) is 0.915. The topological polar surface area (TPSA) is 41.6 Å². The highest BCUT2D eigenvalue weighted by Gasteiger charge is 2.37. The minimum absolute atomic E-state index is 0.239. The normalized spacial score (nSPS) is 25.4. The number of carbonyl (C=O) groups is 1. The Morgan fingerprint density at radius 2 is 2.11 bits per heavy atom. The van der Waals surface area contributed by atoms with Gasteiger partial charge in [0.25, 0.3) is 0 Å². The van der Waals surface area contributed by atoms with Gasteiger partial charge in [0.15, 0.2) is 0 Å². The first kappa shape index (κ1) is 12.5. The van der Waals surface area contributed by atoms with Gasteiger partial charge >= 0.3 is 0 Å². The van der Waals surface area contributed by atoms with Crippen molar-refractivity contribution in [3.63, 3.8) is 0 Å². The van der Waals surface area contributed by atoms with Crippen LogP contribution in [0.4, 0.5) is 0 Å². The number of nitrogens with one attached hydrogen (secondary N) is 1. The first-order valence-electron chi connectivity index (χ1n) is 6.87. The molecule has 0 spiro atoms. The Morgan fingerprint density at radius 3 is 2.79 bits per heavy atom. The monoisotopic (exact) mass is 260 g/mol. The number of benzene rings is 1. The van der Waals surface area contributed by atoms with E-state index in [0.717, 1.165) is 37.5 Å². The molecule has 1 N–H and O–H groups in total. The SMILES string of the molecule is COc1cccc(CC(=O)N2CC3CNCC3C2)c1. The third-order valence-electron chi connectivity index (χ3n) is 4.23. The molecule has 3 rings (SSSR count). The summed E-state index contributed by atoms with van der Waals surface area (Å²) in [4.78, 5) is 14.3. The average Bonchev–Trinajstić information content (AvgIpc) is 2.99.